The fraction of sp³-hybridized carbons (Fsp3) is 0.500. The Balaban J connectivity index is 0.000000941. The molecule has 29 heavy (non-hydrogen) atoms. The second-order valence-corrected chi connectivity index (χ2v) is 8.86. The molecular formula is C22H31N3O4. The van der Waals surface area contributed by atoms with Crippen LogP contribution in [0.4, 0.5) is 5.88 Å². The molecule has 1 aliphatic rings. The molecule has 0 atom stereocenters. The molecule has 7 nitrogen and oxygen atoms in total. The molecule has 1 aromatic carbocycles. The highest BCUT2D eigenvalue weighted by molar-refractivity contribution is 5.94. The number of carbonyl (C=O) groups is 2. The average molecular weight is 402 g/mol. The SMILES string of the molecule is Cc1noc(NC(=O)CC2CC(C)(C)NC(C)(C)C2)c1-c1ccccc1.O=CO. The number of carboxylic acid groups (broad SMARTS) is 1. The zero-order valence-corrected chi connectivity index (χ0v) is 17.8. The van der Waals surface area contributed by atoms with Gasteiger partial charge in [-0.2, -0.15) is 0 Å². The molecule has 0 spiro atoms. The van der Waals surface area contributed by atoms with Crippen LogP contribution in [-0.2, 0) is 9.59 Å². The smallest absolute Gasteiger partial charge is 0.290 e. The predicted molar refractivity (Wildman–Crippen MR) is 113 cm³/mol. The van der Waals surface area contributed by atoms with E-state index in [1.807, 2.05) is 37.3 Å². The van der Waals surface area contributed by atoms with Gasteiger partial charge in [-0.15, -0.1) is 0 Å². The zero-order valence-electron chi connectivity index (χ0n) is 17.8. The first kappa shape index (κ1) is 22.6. The molecule has 0 unspecified atom stereocenters. The topological polar surface area (TPSA) is 104 Å². The molecule has 2 heterocycles. The summed E-state index contributed by atoms with van der Waals surface area (Å²) >= 11 is 0. The second kappa shape index (κ2) is 9.22. The maximum absolute atomic E-state index is 12.7. The highest BCUT2D eigenvalue weighted by atomic mass is 16.5. The van der Waals surface area contributed by atoms with Crippen molar-refractivity contribution in [3.63, 3.8) is 0 Å². The molecule has 1 aromatic heterocycles. The molecule has 0 aliphatic carbocycles. The summed E-state index contributed by atoms with van der Waals surface area (Å²) in [5.41, 5.74) is 2.68. The number of aryl methyl sites for hydroxylation is 1. The Morgan fingerprint density at radius 1 is 1.24 bits per heavy atom. The van der Waals surface area contributed by atoms with Crippen LogP contribution in [0, 0.1) is 12.8 Å². The number of rotatable bonds is 4. The number of hydrogen-bond donors (Lipinski definition) is 3. The van der Waals surface area contributed by atoms with Gasteiger partial charge in [0, 0.05) is 17.5 Å². The van der Waals surface area contributed by atoms with Gasteiger partial charge in [-0.1, -0.05) is 35.5 Å². The molecule has 2 aromatic rings. The van der Waals surface area contributed by atoms with Crippen molar-refractivity contribution in [2.24, 2.45) is 5.92 Å². The standard InChI is InChI=1S/C21H29N3O2.CH2O2/c1-14-18(16-9-7-6-8-10-16)19(26-23-14)22-17(25)11-15-12-20(2,3)24-21(4,5)13-15;2-1-3/h6-10,15,24H,11-13H2,1-5H3,(H,22,25);1H,(H,2,3). The minimum atomic E-state index is -0.250. The van der Waals surface area contributed by atoms with E-state index in [9.17, 15) is 4.79 Å². The van der Waals surface area contributed by atoms with E-state index in [-0.39, 0.29) is 23.5 Å². The molecule has 0 radical (unpaired) electrons. The third-order valence-electron chi connectivity index (χ3n) is 4.93. The maximum atomic E-state index is 12.7. The summed E-state index contributed by atoms with van der Waals surface area (Å²) < 4.78 is 5.40. The minimum absolute atomic E-state index is 0.0168. The molecule has 3 N–H and O–H groups in total. The molecule has 0 saturated carbocycles. The van der Waals surface area contributed by atoms with Gasteiger partial charge in [0.15, 0.2) is 0 Å². The highest BCUT2D eigenvalue weighted by Crippen LogP contribution is 2.36. The number of aromatic nitrogens is 1. The van der Waals surface area contributed by atoms with Crippen LogP contribution in [0.15, 0.2) is 34.9 Å². The van der Waals surface area contributed by atoms with E-state index < -0.39 is 0 Å². The number of anilines is 1. The number of nitrogens with zero attached hydrogens (tertiary/aromatic N) is 1. The van der Waals surface area contributed by atoms with E-state index in [1.54, 1.807) is 0 Å². The van der Waals surface area contributed by atoms with Crippen LogP contribution >= 0.6 is 0 Å². The summed E-state index contributed by atoms with van der Waals surface area (Å²) in [5.74, 6) is 0.758. The van der Waals surface area contributed by atoms with E-state index in [2.05, 4.69) is 43.5 Å². The van der Waals surface area contributed by atoms with Crippen molar-refractivity contribution >= 4 is 18.3 Å². The number of hydrogen-bond acceptors (Lipinski definition) is 5. The Morgan fingerprint density at radius 3 is 2.34 bits per heavy atom. The minimum Gasteiger partial charge on any atom is -0.483 e. The van der Waals surface area contributed by atoms with Crippen LogP contribution in [0.3, 0.4) is 0 Å². The monoisotopic (exact) mass is 401 g/mol. The number of benzene rings is 1. The van der Waals surface area contributed by atoms with Crippen molar-refractivity contribution in [3.8, 4) is 11.1 Å². The quantitative estimate of drug-likeness (QED) is 0.662. The molecule has 0 bridgehead atoms. The largest absolute Gasteiger partial charge is 0.483 e. The molecule has 1 saturated heterocycles. The van der Waals surface area contributed by atoms with Crippen molar-refractivity contribution in [1.29, 1.82) is 0 Å². The number of nitrogens with one attached hydrogen (secondary N) is 2. The van der Waals surface area contributed by atoms with Gasteiger partial charge in [0.05, 0.1) is 11.3 Å². The van der Waals surface area contributed by atoms with Crippen LogP contribution in [0.25, 0.3) is 11.1 Å². The molecule has 1 aliphatic heterocycles. The normalized spacial score (nSPS) is 17.7. The van der Waals surface area contributed by atoms with Gasteiger partial charge >= 0.3 is 0 Å². The van der Waals surface area contributed by atoms with Gasteiger partial charge in [-0.05, 0) is 58.9 Å². The Bertz CT molecular complexity index is 812. The lowest BCUT2D eigenvalue weighted by molar-refractivity contribution is -0.123. The first-order chi connectivity index (χ1) is 13.6. The molecule has 7 heteroatoms. The van der Waals surface area contributed by atoms with E-state index in [4.69, 9.17) is 14.4 Å². The maximum Gasteiger partial charge on any atom is 0.290 e. The number of amides is 1. The van der Waals surface area contributed by atoms with Gasteiger partial charge < -0.3 is 14.9 Å². The Hall–Kier alpha value is -2.67. The summed E-state index contributed by atoms with van der Waals surface area (Å²) in [7, 11) is 0. The lowest BCUT2D eigenvalue weighted by Gasteiger charge is -2.46. The molecule has 1 fully saturated rings. The lowest BCUT2D eigenvalue weighted by atomic mass is 9.74. The lowest BCUT2D eigenvalue weighted by Crippen LogP contribution is -2.58. The van der Waals surface area contributed by atoms with Gasteiger partial charge in [-0.25, -0.2) is 0 Å². The van der Waals surface area contributed by atoms with Crippen molar-refractivity contribution in [3.05, 3.63) is 36.0 Å². The summed E-state index contributed by atoms with van der Waals surface area (Å²) in [4.78, 5) is 21.0. The van der Waals surface area contributed by atoms with Gasteiger partial charge in [0.2, 0.25) is 11.8 Å². The number of carbonyl (C=O) groups excluding carboxylic acids is 1. The van der Waals surface area contributed by atoms with Gasteiger partial charge in [0.1, 0.15) is 0 Å². The molecular weight excluding hydrogens is 370 g/mol. The van der Waals surface area contributed by atoms with E-state index in [0.29, 0.717) is 18.2 Å². The van der Waals surface area contributed by atoms with Gasteiger partial charge in [-0.3, -0.25) is 14.9 Å². The number of piperidine rings is 1. The van der Waals surface area contributed by atoms with Crippen molar-refractivity contribution in [2.45, 2.75) is 65.0 Å². The fourth-order valence-corrected chi connectivity index (χ4v) is 4.52. The Kier molecular flexibility index (Phi) is 7.19. The molecule has 158 valence electrons. The predicted octanol–water partition coefficient (Wildman–Crippen LogP) is 4.24. The first-order valence-electron chi connectivity index (χ1n) is 9.75. The third-order valence-corrected chi connectivity index (χ3v) is 4.93. The van der Waals surface area contributed by atoms with Crippen LogP contribution in [0.2, 0.25) is 0 Å². The van der Waals surface area contributed by atoms with Crippen molar-refractivity contribution in [1.82, 2.24) is 10.5 Å². The summed E-state index contributed by atoms with van der Waals surface area (Å²) in [6.45, 7) is 10.4. The molecule has 3 rings (SSSR count). The second-order valence-electron chi connectivity index (χ2n) is 8.86. The fourth-order valence-electron chi connectivity index (χ4n) is 4.52. The molecule has 1 amide bonds. The first-order valence-corrected chi connectivity index (χ1v) is 9.75. The van der Waals surface area contributed by atoms with Crippen LogP contribution in [0.5, 0.6) is 0 Å². The van der Waals surface area contributed by atoms with Crippen molar-refractivity contribution in [2.75, 3.05) is 5.32 Å². The van der Waals surface area contributed by atoms with Crippen molar-refractivity contribution < 1.29 is 19.2 Å². The summed E-state index contributed by atoms with van der Waals surface area (Å²) in [6, 6.07) is 9.88. The summed E-state index contributed by atoms with van der Waals surface area (Å²) in [6.07, 6.45) is 2.44. The van der Waals surface area contributed by atoms with Crippen LogP contribution in [0.1, 0.15) is 52.7 Å². The Morgan fingerprint density at radius 2 is 1.79 bits per heavy atom. The average Bonchev–Trinajstić information content (AvgIpc) is 2.93. The third kappa shape index (κ3) is 6.42. The zero-order chi connectivity index (χ0) is 21.7. The van der Waals surface area contributed by atoms with Gasteiger partial charge in [0.25, 0.3) is 6.47 Å². The van der Waals surface area contributed by atoms with Crippen LogP contribution < -0.4 is 10.6 Å². The van der Waals surface area contributed by atoms with Crippen LogP contribution in [-0.4, -0.2) is 33.7 Å². The van der Waals surface area contributed by atoms with E-state index in [1.165, 1.54) is 0 Å². The highest BCUT2D eigenvalue weighted by Gasteiger charge is 2.38. The summed E-state index contributed by atoms with van der Waals surface area (Å²) in [5, 5.41) is 17.5. The van der Waals surface area contributed by atoms with E-state index >= 15 is 0 Å². The van der Waals surface area contributed by atoms with E-state index in [0.717, 1.165) is 29.7 Å². The Labute approximate surface area is 171 Å².